The normalized spacial score (nSPS) is 11.6. The zero-order valence-corrected chi connectivity index (χ0v) is 24.2. The fourth-order valence-corrected chi connectivity index (χ4v) is 7.49. The van der Waals surface area contributed by atoms with E-state index in [9.17, 15) is 0 Å². The van der Waals surface area contributed by atoms with Crippen molar-refractivity contribution in [1.29, 1.82) is 0 Å². The Balaban J connectivity index is 1.35. The van der Waals surface area contributed by atoms with E-state index >= 15 is 0 Å². The van der Waals surface area contributed by atoms with Crippen LogP contribution in [0.25, 0.3) is 82.0 Å². The van der Waals surface area contributed by atoms with Crippen LogP contribution >= 0.6 is 11.3 Å². The second-order valence-corrected chi connectivity index (χ2v) is 11.7. The van der Waals surface area contributed by atoms with E-state index < -0.39 is 0 Å². The van der Waals surface area contributed by atoms with Crippen LogP contribution in [-0.2, 0) is 0 Å². The summed E-state index contributed by atoms with van der Waals surface area (Å²) >= 11 is 1.80. The van der Waals surface area contributed by atoms with Crippen LogP contribution in [0, 0.1) is 0 Å². The van der Waals surface area contributed by atoms with E-state index in [1.807, 2.05) is 48.5 Å². The van der Waals surface area contributed by atoms with Crippen LogP contribution in [0.5, 0.6) is 0 Å². The van der Waals surface area contributed by atoms with Gasteiger partial charge in [-0.3, -0.25) is 4.98 Å². The largest absolute Gasteiger partial charge is 0.308 e. The summed E-state index contributed by atoms with van der Waals surface area (Å²) in [7, 11) is 0. The van der Waals surface area contributed by atoms with Gasteiger partial charge < -0.3 is 4.57 Å². The predicted octanol–water partition coefficient (Wildman–Crippen LogP) is 9.73. The lowest BCUT2D eigenvalue weighted by atomic mass is 10.1. The summed E-state index contributed by atoms with van der Waals surface area (Å²) in [4.78, 5) is 19.4. The van der Waals surface area contributed by atoms with Crippen molar-refractivity contribution in [3.63, 3.8) is 0 Å². The molecule has 206 valence electrons. The van der Waals surface area contributed by atoms with Crippen molar-refractivity contribution in [3.05, 3.63) is 140 Å². The molecule has 0 saturated heterocycles. The van der Waals surface area contributed by atoms with Crippen LogP contribution in [0.1, 0.15) is 0 Å². The zero-order chi connectivity index (χ0) is 29.0. The summed E-state index contributed by atoms with van der Waals surface area (Å²) in [6.45, 7) is 0. The lowest BCUT2D eigenvalue weighted by Crippen LogP contribution is -2.01. The number of rotatable bonds is 4. The first-order valence-electron chi connectivity index (χ1n) is 14.5. The van der Waals surface area contributed by atoms with Crippen molar-refractivity contribution in [2.45, 2.75) is 0 Å². The molecule has 0 spiro atoms. The third-order valence-electron chi connectivity index (χ3n) is 8.12. The van der Waals surface area contributed by atoms with Gasteiger partial charge in [-0.2, -0.15) is 0 Å². The van der Waals surface area contributed by atoms with Gasteiger partial charge in [0.25, 0.3) is 0 Å². The summed E-state index contributed by atoms with van der Waals surface area (Å²) < 4.78 is 4.79. The second-order valence-electron chi connectivity index (χ2n) is 10.7. The van der Waals surface area contributed by atoms with Crippen molar-refractivity contribution < 1.29 is 0 Å². The predicted molar refractivity (Wildman–Crippen MR) is 181 cm³/mol. The Morgan fingerprint density at radius 2 is 1.16 bits per heavy atom. The molecule has 0 radical (unpaired) electrons. The Morgan fingerprint density at radius 1 is 0.477 bits per heavy atom. The lowest BCUT2D eigenvalue weighted by Gasteiger charge is -2.08. The first-order chi connectivity index (χ1) is 21.8. The van der Waals surface area contributed by atoms with Gasteiger partial charge in [-0.1, -0.05) is 97.1 Å². The monoisotopic (exact) mass is 581 g/mol. The van der Waals surface area contributed by atoms with E-state index in [1.165, 1.54) is 37.3 Å². The number of hydrogen-bond donors (Lipinski definition) is 0. The van der Waals surface area contributed by atoms with E-state index in [0.29, 0.717) is 23.2 Å². The number of thiophene rings is 1. The number of fused-ring (bicyclic) bond motifs is 7. The fourth-order valence-electron chi connectivity index (χ4n) is 6.15. The van der Waals surface area contributed by atoms with Gasteiger partial charge in [0.1, 0.15) is 5.69 Å². The van der Waals surface area contributed by atoms with E-state index in [2.05, 4.69) is 94.5 Å². The van der Waals surface area contributed by atoms with Crippen LogP contribution in [0.15, 0.2) is 140 Å². The van der Waals surface area contributed by atoms with Crippen LogP contribution in [0.3, 0.4) is 0 Å². The van der Waals surface area contributed by atoms with Gasteiger partial charge in [-0.05, 0) is 36.4 Å². The molecule has 0 amide bonds. The van der Waals surface area contributed by atoms with Gasteiger partial charge in [0.05, 0.1) is 15.7 Å². The van der Waals surface area contributed by atoms with E-state index in [4.69, 9.17) is 15.0 Å². The van der Waals surface area contributed by atoms with Crippen LogP contribution in [0.4, 0.5) is 0 Å². The smallest absolute Gasteiger partial charge is 0.182 e. The van der Waals surface area contributed by atoms with E-state index in [-0.39, 0.29) is 0 Å². The highest BCUT2D eigenvalue weighted by Crippen LogP contribution is 2.45. The van der Waals surface area contributed by atoms with Gasteiger partial charge >= 0.3 is 0 Å². The standard InChI is InChI=1S/C38H23N5S/c1-3-12-24(13-4-1)36-40-37(42-38(41-36)31-19-9-10-23-39-31)30-18-11-17-28-29-22-21-27-26-16-7-8-20-32(26)43(25-14-5-2-6-15-25)33(27)35(29)44-34(28)30/h1-23H. The maximum absolute atomic E-state index is 5.03. The minimum atomic E-state index is 0.555. The summed E-state index contributed by atoms with van der Waals surface area (Å²) in [6, 6.07) is 46.1. The van der Waals surface area contributed by atoms with Crippen LogP contribution < -0.4 is 0 Å². The van der Waals surface area contributed by atoms with Gasteiger partial charge in [-0.25, -0.2) is 15.0 Å². The summed E-state index contributed by atoms with van der Waals surface area (Å²) in [5.74, 6) is 1.82. The number of para-hydroxylation sites is 2. The Labute approximate surface area is 256 Å². The molecule has 0 N–H and O–H groups in total. The number of aromatic nitrogens is 5. The highest BCUT2D eigenvalue weighted by atomic mass is 32.1. The molecule has 4 aromatic heterocycles. The lowest BCUT2D eigenvalue weighted by molar-refractivity contribution is 1.06. The number of hydrogen-bond acceptors (Lipinski definition) is 5. The van der Waals surface area contributed by atoms with Crippen molar-refractivity contribution in [1.82, 2.24) is 24.5 Å². The first kappa shape index (κ1) is 24.8. The first-order valence-corrected chi connectivity index (χ1v) is 15.3. The minimum Gasteiger partial charge on any atom is -0.308 e. The average molecular weight is 582 g/mol. The second kappa shape index (κ2) is 9.93. The zero-order valence-electron chi connectivity index (χ0n) is 23.4. The van der Waals surface area contributed by atoms with Crippen LogP contribution in [0.2, 0.25) is 0 Å². The Hall–Kier alpha value is -5.72. The molecule has 0 atom stereocenters. The minimum absolute atomic E-state index is 0.555. The molecule has 0 aliphatic rings. The molecule has 9 aromatic rings. The molecular weight excluding hydrogens is 559 g/mol. The summed E-state index contributed by atoms with van der Waals surface area (Å²) in [5, 5.41) is 4.90. The quantitative estimate of drug-likeness (QED) is 0.208. The van der Waals surface area contributed by atoms with Gasteiger partial charge in [0.2, 0.25) is 0 Å². The number of nitrogens with zero attached hydrogens (tertiary/aromatic N) is 5. The average Bonchev–Trinajstić information content (AvgIpc) is 3.65. The topological polar surface area (TPSA) is 56.5 Å². The molecule has 44 heavy (non-hydrogen) atoms. The number of pyridine rings is 1. The third-order valence-corrected chi connectivity index (χ3v) is 9.38. The third kappa shape index (κ3) is 3.85. The fraction of sp³-hybridized carbons (Fsp3) is 0. The Kier molecular flexibility index (Phi) is 5.61. The van der Waals surface area contributed by atoms with Crippen molar-refractivity contribution >= 4 is 53.3 Å². The molecule has 0 fully saturated rings. The Bertz CT molecular complexity index is 2430. The molecule has 4 heterocycles. The van der Waals surface area contributed by atoms with Gasteiger partial charge in [-0.15, -0.1) is 11.3 Å². The molecule has 0 aliphatic carbocycles. The van der Waals surface area contributed by atoms with Crippen LogP contribution in [-0.4, -0.2) is 24.5 Å². The van der Waals surface area contributed by atoms with Gasteiger partial charge in [0, 0.05) is 49.3 Å². The number of benzene rings is 5. The molecule has 5 nitrogen and oxygen atoms in total. The Morgan fingerprint density at radius 3 is 2.00 bits per heavy atom. The molecule has 0 saturated carbocycles. The summed E-state index contributed by atoms with van der Waals surface area (Å²) in [5.41, 5.74) is 6.20. The molecule has 6 heteroatoms. The molecule has 0 bridgehead atoms. The van der Waals surface area contributed by atoms with E-state index in [1.54, 1.807) is 17.5 Å². The maximum atomic E-state index is 5.03. The van der Waals surface area contributed by atoms with Crippen molar-refractivity contribution in [2.75, 3.05) is 0 Å². The molecule has 0 aliphatic heterocycles. The molecule has 0 unspecified atom stereocenters. The highest BCUT2D eigenvalue weighted by molar-refractivity contribution is 7.27. The van der Waals surface area contributed by atoms with Gasteiger partial charge in [0.15, 0.2) is 17.5 Å². The SMILES string of the molecule is c1ccc(-c2nc(-c3ccccn3)nc(-c3cccc4c3sc3c4ccc4c5ccccc5n(-c5ccccc5)c43)n2)cc1. The van der Waals surface area contributed by atoms with E-state index in [0.717, 1.165) is 21.5 Å². The summed E-state index contributed by atoms with van der Waals surface area (Å²) in [6.07, 6.45) is 1.77. The van der Waals surface area contributed by atoms with Crippen molar-refractivity contribution in [2.24, 2.45) is 0 Å². The maximum Gasteiger partial charge on any atom is 0.182 e. The molecule has 9 rings (SSSR count). The van der Waals surface area contributed by atoms with Crippen molar-refractivity contribution in [3.8, 4) is 40.0 Å². The highest BCUT2D eigenvalue weighted by Gasteiger charge is 2.20. The molecule has 5 aromatic carbocycles. The molecular formula is C38H23N5S.